The van der Waals surface area contributed by atoms with Crippen molar-refractivity contribution in [1.29, 1.82) is 0 Å². The molecule has 2 aromatic heterocycles. The predicted molar refractivity (Wildman–Crippen MR) is 128 cm³/mol. The molecule has 4 N–H and O–H groups in total. The third-order valence-electron chi connectivity index (χ3n) is 7.17. The number of rotatable bonds is 5. The van der Waals surface area contributed by atoms with E-state index in [0.717, 1.165) is 48.8 Å². The second kappa shape index (κ2) is 7.74. The number of allylic oxidation sites excluding steroid dienone is 1. The molecule has 1 aliphatic heterocycles. The summed E-state index contributed by atoms with van der Waals surface area (Å²) in [5.41, 5.74) is 11.0. The molecule has 4 atom stereocenters. The summed E-state index contributed by atoms with van der Waals surface area (Å²) >= 11 is 6.53. The van der Waals surface area contributed by atoms with Gasteiger partial charge in [-0.25, -0.2) is 9.97 Å². The number of fused-ring (bicyclic) bond motifs is 2. The molecule has 170 valence electrons. The minimum atomic E-state index is -0.291. The van der Waals surface area contributed by atoms with E-state index in [2.05, 4.69) is 57.5 Å². The fraction of sp³-hybridized carbons (Fsp3) is 0.375. The minimum Gasteiger partial charge on any atom is -0.378 e. The Morgan fingerprint density at radius 3 is 2.76 bits per heavy atom. The van der Waals surface area contributed by atoms with Crippen LogP contribution >= 0.6 is 11.6 Å². The summed E-state index contributed by atoms with van der Waals surface area (Å²) in [6.07, 6.45) is 5.77. The third kappa shape index (κ3) is 3.28. The average molecular weight is 465 g/mol. The lowest BCUT2D eigenvalue weighted by atomic mass is 9.54. The lowest BCUT2D eigenvalue weighted by Crippen LogP contribution is -2.61. The number of benzene rings is 1. The molecule has 0 spiro atoms. The number of carbonyl (C=O) groups is 1. The highest BCUT2D eigenvalue weighted by Gasteiger charge is 2.54. The molecule has 1 aromatic carbocycles. The van der Waals surface area contributed by atoms with Crippen molar-refractivity contribution in [2.24, 2.45) is 23.5 Å². The van der Waals surface area contributed by atoms with Gasteiger partial charge in [-0.15, -0.1) is 0 Å². The number of ether oxygens (including phenoxy) is 1. The number of primary amides is 1. The Labute approximate surface area is 196 Å². The van der Waals surface area contributed by atoms with Gasteiger partial charge in [-0.3, -0.25) is 4.79 Å². The van der Waals surface area contributed by atoms with E-state index in [0.29, 0.717) is 22.3 Å². The topological polar surface area (TPSA) is 109 Å². The number of imidazole rings is 1. The number of H-pyrrole nitrogens is 1. The van der Waals surface area contributed by atoms with Crippen LogP contribution in [-0.4, -0.2) is 53.2 Å². The van der Waals surface area contributed by atoms with Crippen LogP contribution in [0.1, 0.15) is 5.56 Å². The molecule has 1 saturated heterocycles. The van der Waals surface area contributed by atoms with E-state index < -0.39 is 0 Å². The molecule has 0 radical (unpaired) electrons. The van der Waals surface area contributed by atoms with Gasteiger partial charge in [0, 0.05) is 36.3 Å². The molecule has 33 heavy (non-hydrogen) atoms. The van der Waals surface area contributed by atoms with Crippen molar-refractivity contribution in [2.75, 3.05) is 36.5 Å². The van der Waals surface area contributed by atoms with Gasteiger partial charge in [-0.1, -0.05) is 23.8 Å². The zero-order valence-electron chi connectivity index (χ0n) is 18.2. The van der Waals surface area contributed by atoms with E-state index >= 15 is 0 Å². The van der Waals surface area contributed by atoms with Crippen LogP contribution in [0, 0.1) is 24.7 Å². The molecule has 3 aliphatic rings. The minimum absolute atomic E-state index is 0.0816. The van der Waals surface area contributed by atoms with Crippen LogP contribution in [0.2, 0.25) is 5.02 Å². The standard InChI is InChI=1S/C24H25ClN6O2/c1-12-10-13(31-6-8-33-9-7-31)2-3-14(12)23-29-21-20(17(25)11-27-24(21)30-23)28-19-16-5-4-15(16)18(19)22(26)32/h2-5,10-11,15-16,18-19H,6-9H2,1H3,(H2,26,32)(H2,27,28,29,30)/t15?,16-,18-,19+/m0/s1. The van der Waals surface area contributed by atoms with Gasteiger partial charge < -0.3 is 25.7 Å². The Kier molecular flexibility index (Phi) is 4.81. The van der Waals surface area contributed by atoms with Gasteiger partial charge >= 0.3 is 0 Å². The molecule has 8 nitrogen and oxygen atoms in total. The third-order valence-corrected chi connectivity index (χ3v) is 7.46. The lowest BCUT2D eigenvalue weighted by molar-refractivity contribution is -0.129. The highest BCUT2D eigenvalue weighted by atomic mass is 35.5. The number of anilines is 2. The largest absolute Gasteiger partial charge is 0.378 e. The van der Waals surface area contributed by atoms with E-state index in [1.165, 1.54) is 5.69 Å². The average Bonchev–Trinajstić information content (AvgIpc) is 3.22. The van der Waals surface area contributed by atoms with Crippen LogP contribution in [0.4, 0.5) is 11.4 Å². The molecule has 9 heteroatoms. The lowest BCUT2D eigenvalue weighted by Gasteiger charge is -2.53. The second-order valence-electron chi connectivity index (χ2n) is 9.00. The summed E-state index contributed by atoms with van der Waals surface area (Å²) in [6, 6.07) is 6.31. The number of hydrogen-bond acceptors (Lipinski definition) is 6. The van der Waals surface area contributed by atoms with Gasteiger partial charge in [-0.2, -0.15) is 0 Å². The molecule has 6 rings (SSSR count). The first kappa shape index (κ1) is 20.5. The fourth-order valence-electron chi connectivity index (χ4n) is 5.27. The smallest absolute Gasteiger partial charge is 0.223 e. The summed E-state index contributed by atoms with van der Waals surface area (Å²) in [6.45, 7) is 5.38. The molecule has 0 bridgehead atoms. The summed E-state index contributed by atoms with van der Waals surface area (Å²) in [5, 5.41) is 3.95. The summed E-state index contributed by atoms with van der Waals surface area (Å²) in [7, 11) is 0. The Hall–Kier alpha value is -3.10. The first-order valence-electron chi connectivity index (χ1n) is 11.2. The molecule has 3 heterocycles. The maximum absolute atomic E-state index is 12.0. The van der Waals surface area contributed by atoms with Crippen molar-refractivity contribution in [3.05, 3.63) is 47.1 Å². The van der Waals surface area contributed by atoms with Crippen LogP contribution in [0.3, 0.4) is 0 Å². The van der Waals surface area contributed by atoms with Crippen molar-refractivity contribution in [3.8, 4) is 11.4 Å². The fourth-order valence-corrected chi connectivity index (χ4v) is 5.47. The molecular formula is C24H25ClN6O2. The second-order valence-corrected chi connectivity index (χ2v) is 9.41. The monoisotopic (exact) mass is 464 g/mol. The van der Waals surface area contributed by atoms with Gasteiger partial charge in [0.15, 0.2) is 5.65 Å². The Morgan fingerprint density at radius 2 is 2.06 bits per heavy atom. The van der Waals surface area contributed by atoms with Crippen molar-refractivity contribution in [2.45, 2.75) is 13.0 Å². The maximum Gasteiger partial charge on any atom is 0.223 e. The summed E-state index contributed by atoms with van der Waals surface area (Å²) in [4.78, 5) is 26.9. The van der Waals surface area contributed by atoms with Crippen LogP contribution in [0.25, 0.3) is 22.6 Å². The van der Waals surface area contributed by atoms with Gasteiger partial charge in [-0.05, 0) is 36.6 Å². The van der Waals surface area contributed by atoms with Crippen LogP contribution in [-0.2, 0) is 9.53 Å². The number of aromatic amines is 1. The number of nitrogens with two attached hydrogens (primary N) is 1. The highest BCUT2D eigenvalue weighted by Crippen LogP contribution is 2.50. The SMILES string of the molecule is Cc1cc(N2CCOCC2)ccc1-c1nc2ncc(Cl)c(N[C@@H]3[C@H]4C=CC4[C@@H]3C(N)=O)c2[nH]1. The number of amides is 1. The number of hydrogen-bond donors (Lipinski definition) is 3. The molecule has 2 aliphatic carbocycles. The zero-order valence-corrected chi connectivity index (χ0v) is 19.0. The van der Waals surface area contributed by atoms with E-state index in [9.17, 15) is 4.79 Å². The Bertz CT molecular complexity index is 1280. The molecule has 1 unspecified atom stereocenters. The number of aromatic nitrogens is 3. The molecule has 3 aromatic rings. The first-order chi connectivity index (χ1) is 16.0. The maximum atomic E-state index is 12.0. The van der Waals surface area contributed by atoms with E-state index in [4.69, 9.17) is 27.1 Å². The van der Waals surface area contributed by atoms with Crippen LogP contribution in [0.15, 0.2) is 36.5 Å². The van der Waals surface area contributed by atoms with E-state index in [-0.39, 0.29) is 23.8 Å². The number of morpholine rings is 1. The summed E-state index contributed by atoms with van der Waals surface area (Å²) in [5.74, 6) is 0.716. The number of halogens is 1. The van der Waals surface area contributed by atoms with Gasteiger partial charge in [0.1, 0.15) is 11.3 Å². The molecular weight excluding hydrogens is 440 g/mol. The normalized spacial score (nSPS) is 25.9. The van der Waals surface area contributed by atoms with Crippen LogP contribution in [0.5, 0.6) is 0 Å². The van der Waals surface area contributed by atoms with Crippen molar-refractivity contribution < 1.29 is 9.53 Å². The van der Waals surface area contributed by atoms with Gasteiger partial charge in [0.2, 0.25) is 5.91 Å². The molecule has 1 amide bonds. The zero-order chi connectivity index (χ0) is 22.7. The van der Waals surface area contributed by atoms with Gasteiger partial charge in [0.25, 0.3) is 0 Å². The number of carbonyl (C=O) groups excluding carboxylic acids is 1. The van der Waals surface area contributed by atoms with Crippen molar-refractivity contribution >= 4 is 40.0 Å². The highest BCUT2D eigenvalue weighted by molar-refractivity contribution is 6.34. The number of nitrogens with zero attached hydrogens (tertiary/aromatic N) is 3. The number of nitrogens with one attached hydrogen (secondary N) is 2. The van der Waals surface area contributed by atoms with Crippen molar-refractivity contribution in [1.82, 2.24) is 15.0 Å². The molecule has 2 fully saturated rings. The molecule has 1 saturated carbocycles. The Balaban J connectivity index is 1.33. The first-order valence-corrected chi connectivity index (χ1v) is 11.6. The number of aryl methyl sites for hydroxylation is 1. The number of pyridine rings is 1. The van der Waals surface area contributed by atoms with Crippen molar-refractivity contribution in [3.63, 3.8) is 0 Å². The van der Waals surface area contributed by atoms with E-state index in [1.54, 1.807) is 6.20 Å². The summed E-state index contributed by atoms with van der Waals surface area (Å²) < 4.78 is 5.46. The van der Waals surface area contributed by atoms with Crippen LogP contribution < -0.4 is 16.0 Å². The Morgan fingerprint density at radius 1 is 1.27 bits per heavy atom. The van der Waals surface area contributed by atoms with E-state index in [1.807, 2.05) is 0 Å². The quantitative estimate of drug-likeness (QED) is 0.500. The predicted octanol–water partition coefficient (Wildman–Crippen LogP) is 3.12. The van der Waals surface area contributed by atoms with Gasteiger partial charge in [0.05, 0.1) is 36.0 Å².